The van der Waals surface area contributed by atoms with Gasteiger partial charge in [0.15, 0.2) is 0 Å². The number of nitrogens with one attached hydrogen (secondary N) is 2. The molecule has 0 bridgehead atoms. The van der Waals surface area contributed by atoms with Gasteiger partial charge in [-0.25, -0.2) is 0 Å². The van der Waals surface area contributed by atoms with Crippen molar-refractivity contribution in [2.75, 3.05) is 5.32 Å². The first kappa shape index (κ1) is 20.1. The minimum absolute atomic E-state index is 0.108. The van der Waals surface area contributed by atoms with Gasteiger partial charge in [0, 0.05) is 11.6 Å². The number of halogens is 1. The molecular weight excluding hydrogens is 392 g/mol. The second-order valence-electron chi connectivity index (χ2n) is 6.33. The summed E-state index contributed by atoms with van der Waals surface area (Å²) < 4.78 is 0. The monoisotopic (exact) mass is 412 g/mol. The van der Waals surface area contributed by atoms with Crippen molar-refractivity contribution in [3.8, 4) is 0 Å². The van der Waals surface area contributed by atoms with Crippen LogP contribution in [-0.4, -0.2) is 11.8 Å². The third-order valence-corrected chi connectivity index (χ3v) is 5.52. The van der Waals surface area contributed by atoms with Gasteiger partial charge in [-0.05, 0) is 41.1 Å². The standard InChI is InChI=1S/C22H21ClN2O2S/c1-2-18(16-6-4-3-5-7-16)21(27)25-22-19(12-13-28-22)20(26)24-14-15-8-10-17(23)11-9-15/h3-13,18H,2,14H2,1H3,(H,24,26)(H,25,27). The Morgan fingerprint density at radius 3 is 2.43 bits per heavy atom. The first-order chi connectivity index (χ1) is 13.6. The highest BCUT2D eigenvalue weighted by atomic mass is 35.5. The van der Waals surface area contributed by atoms with Crippen LogP contribution in [0.25, 0.3) is 0 Å². The molecule has 2 aromatic carbocycles. The van der Waals surface area contributed by atoms with E-state index in [1.54, 1.807) is 23.6 Å². The van der Waals surface area contributed by atoms with Crippen LogP contribution >= 0.6 is 22.9 Å². The summed E-state index contributed by atoms with van der Waals surface area (Å²) in [6, 6.07) is 18.7. The van der Waals surface area contributed by atoms with Gasteiger partial charge >= 0.3 is 0 Å². The van der Waals surface area contributed by atoms with Crippen LogP contribution in [0.1, 0.15) is 40.7 Å². The summed E-state index contributed by atoms with van der Waals surface area (Å²) in [5.74, 6) is -0.588. The van der Waals surface area contributed by atoms with E-state index in [4.69, 9.17) is 11.6 Å². The van der Waals surface area contributed by atoms with Gasteiger partial charge in [-0.15, -0.1) is 11.3 Å². The Labute approximate surface area is 173 Å². The fourth-order valence-electron chi connectivity index (χ4n) is 2.92. The van der Waals surface area contributed by atoms with Crippen molar-refractivity contribution in [3.63, 3.8) is 0 Å². The maximum absolute atomic E-state index is 12.8. The predicted octanol–water partition coefficient (Wildman–Crippen LogP) is 5.46. The molecule has 1 aromatic heterocycles. The van der Waals surface area contributed by atoms with Gasteiger partial charge in [-0.1, -0.05) is 61.0 Å². The van der Waals surface area contributed by atoms with Crippen LogP contribution in [-0.2, 0) is 11.3 Å². The molecule has 0 radical (unpaired) electrons. The number of benzene rings is 2. The van der Waals surface area contributed by atoms with Gasteiger partial charge in [0.2, 0.25) is 5.91 Å². The highest BCUT2D eigenvalue weighted by Gasteiger charge is 2.21. The number of amides is 2. The van der Waals surface area contributed by atoms with Gasteiger partial charge < -0.3 is 10.6 Å². The van der Waals surface area contributed by atoms with Crippen molar-refractivity contribution in [1.82, 2.24) is 5.32 Å². The smallest absolute Gasteiger partial charge is 0.254 e. The van der Waals surface area contributed by atoms with Gasteiger partial charge in [0.1, 0.15) is 5.00 Å². The average Bonchev–Trinajstić information content (AvgIpc) is 3.17. The second-order valence-corrected chi connectivity index (χ2v) is 7.69. The molecule has 0 aliphatic heterocycles. The number of thiophene rings is 1. The molecule has 4 nitrogen and oxygen atoms in total. The van der Waals surface area contributed by atoms with Crippen LogP contribution in [0.4, 0.5) is 5.00 Å². The molecular formula is C22H21ClN2O2S. The van der Waals surface area contributed by atoms with Crippen LogP contribution in [0.3, 0.4) is 0 Å². The molecule has 0 fully saturated rings. The molecule has 28 heavy (non-hydrogen) atoms. The van der Waals surface area contributed by atoms with Crippen LogP contribution in [0.15, 0.2) is 66.0 Å². The lowest BCUT2D eigenvalue weighted by molar-refractivity contribution is -0.117. The molecule has 1 atom stereocenters. The van der Waals surface area contributed by atoms with Gasteiger partial charge in [0.05, 0.1) is 11.5 Å². The topological polar surface area (TPSA) is 58.2 Å². The van der Waals surface area contributed by atoms with E-state index in [2.05, 4.69) is 10.6 Å². The highest BCUT2D eigenvalue weighted by molar-refractivity contribution is 7.14. The third kappa shape index (κ3) is 5.00. The van der Waals surface area contributed by atoms with Crippen molar-refractivity contribution in [1.29, 1.82) is 0 Å². The highest BCUT2D eigenvalue weighted by Crippen LogP contribution is 2.27. The van der Waals surface area contributed by atoms with E-state index in [9.17, 15) is 9.59 Å². The van der Waals surface area contributed by atoms with Crippen LogP contribution < -0.4 is 10.6 Å². The molecule has 1 heterocycles. The van der Waals surface area contributed by atoms with Crippen LogP contribution in [0, 0.1) is 0 Å². The summed E-state index contributed by atoms with van der Waals surface area (Å²) in [5, 5.41) is 8.83. The Balaban J connectivity index is 1.66. The third-order valence-electron chi connectivity index (χ3n) is 4.44. The maximum Gasteiger partial charge on any atom is 0.254 e. The molecule has 0 spiro atoms. The van der Waals surface area contributed by atoms with Crippen LogP contribution in [0.2, 0.25) is 5.02 Å². The quantitative estimate of drug-likeness (QED) is 0.541. The molecule has 3 rings (SSSR count). The number of anilines is 1. The SMILES string of the molecule is CCC(C(=O)Nc1sccc1C(=O)NCc1ccc(Cl)cc1)c1ccccc1. The Morgan fingerprint density at radius 2 is 1.75 bits per heavy atom. The molecule has 0 saturated carbocycles. The molecule has 2 amide bonds. The number of hydrogen-bond acceptors (Lipinski definition) is 3. The van der Waals surface area contributed by atoms with E-state index in [-0.39, 0.29) is 17.7 Å². The maximum atomic E-state index is 12.8. The summed E-state index contributed by atoms with van der Waals surface area (Å²) in [6.07, 6.45) is 0.680. The molecule has 0 aliphatic rings. The normalized spacial score (nSPS) is 11.6. The van der Waals surface area contributed by atoms with E-state index in [0.717, 1.165) is 11.1 Å². The van der Waals surface area contributed by atoms with Gasteiger partial charge in [-0.3, -0.25) is 9.59 Å². The average molecular weight is 413 g/mol. The molecule has 2 N–H and O–H groups in total. The van der Waals surface area contributed by atoms with E-state index in [1.807, 2.05) is 49.4 Å². The lowest BCUT2D eigenvalue weighted by Gasteiger charge is -2.15. The van der Waals surface area contributed by atoms with Crippen LogP contribution in [0.5, 0.6) is 0 Å². The fraction of sp³-hybridized carbons (Fsp3) is 0.182. The van der Waals surface area contributed by atoms with Crippen molar-refractivity contribution in [2.24, 2.45) is 0 Å². The Hall–Kier alpha value is -2.63. The molecule has 3 aromatic rings. The summed E-state index contributed by atoms with van der Waals surface area (Å²) in [7, 11) is 0. The van der Waals surface area contributed by atoms with Crippen molar-refractivity contribution in [2.45, 2.75) is 25.8 Å². The molecule has 0 aliphatic carbocycles. The van der Waals surface area contributed by atoms with Crippen molar-refractivity contribution >= 4 is 39.8 Å². The summed E-state index contributed by atoms with van der Waals surface area (Å²) in [5.41, 5.74) is 2.39. The Kier molecular flexibility index (Phi) is 6.85. The van der Waals surface area contributed by atoms with Gasteiger partial charge in [-0.2, -0.15) is 0 Å². The van der Waals surface area contributed by atoms with Crippen molar-refractivity contribution in [3.05, 3.63) is 87.8 Å². The predicted molar refractivity (Wildman–Crippen MR) is 115 cm³/mol. The largest absolute Gasteiger partial charge is 0.348 e. The van der Waals surface area contributed by atoms with E-state index >= 15 is 0 Å². The fourth-order valence-corrected chi connectivity index (χ4v) is 3.83. The number of carbonyl (C=O) groups excluding carboxylic acids is 2. The zero-order valence-corrected chi connectivity index (χ0v) is 17.0. The van der Waals surface area contributed by atoms with Gasteiger partial charge in [0.25, 0.3) is 5.91 Å². The molecule has 144 valence electrons. The molecule has 0 saturated heterocycles. The zero-order chi connectivity index (χ0) is 19.9. The van der Waals surface area contributed by atoms with E-state index in [1.165, 1.54) is 11.3 Å². The molecule has 6 heteroatoms. The van der Waals surface area contributed by atoms with Crippen molar-refractivity contribution < 1.29 is 9.59 Å². The number of carbonyl (C=O) groups is 2. The Morgan fingerprint density at radius 1 is 1.04 bits per heavy atom. The minimum atomic E-state index is -0.256. The summed E-state index contributed by atoms with van der Waals surface area (Å²) in [6.45, 7) is 2.37. The lowest BCUT2D eigenvalue weighted by atomic mass is 9.96. The lowest BCUT2D eigenvalue weighted by Crippen LogP contribution is -2.25. The first-order valence-corrected chi connectivity index (χ1v) is 10.3. The van der Waals surface area contributed by atoms with E-state index < -0.39 is 0 Å². The van der Waals surface area contributed by atoms with E-state index in [0.29, 0.717) is 28.6 Å². The second kappa shape index (κ2) is 9.53. The summed E-state index contributed by atoms with van der Waals surface area (Å²) in [4.78, 5) is 25.4. The minimum Gasteiger partial charge on any atom is -0.348 e. The Bertz CT molecular complexity index is 939. The zero-order valence-electron chi connectivity index (χ0n) is 15.4. The number of hydrogen-bond donors (Lipinski definition) is 2. The summed E-state index contributed by atoms with van der Waals surface area (Å²) >= 11 is 7.22. The molecule has 1 unspecified atom stereocenters. The number of rotatable bonds is 7. The first-order valence-electron chi connectivity index (χ1n) is 9.04.